The number of nitrogens with zero attached hydrogens (tertiary/aromatic N) is 1. The lowest BCUT2D eigenvalue weighted by Crippen LogP contribution is -2.07. The van der Waals surface area contributed by atoms with Gasteiger partial charge in [0.25, 0.3) is 0 Å². The monoisotopic (exact) mass is 285 g/mol. The molecule has 0 atom stereocenters. The van der Waals surface area contributed by atoms with E-state index < -0.39 is 11.8 Å². The van der Waals surface area contributed by atoms with Crippen molar-refractivity contribution in [1.82, 2.24) is 0 Å². The standard InChI is InChI=1S/C15H12FN3O2/c16-14-2-1-9(3-11(14)7-17)8-21-15(20)10-4-12(18)6-13(19)5-10/h1-6H,8,18-19H2. The quantitative estimate of drug-likeness (QED) is 0.665. The van der Waals surface area contributed by atoms with Crippen molar-refractivity contribution in [3.05, 3.63) is 58.9 Å². The van der Waals surface area contributed by atoms with Crippen molar-refractivity contribution in [2.75, 3.05) is 11.5 Å². The number of nitrogen functional groups attached to an aromatic ring is 2. The lowest BCUT2D eigenvalue weighted by atomic mass is 10.1. The molecular formula is C15H12FN3O2. The minimum absolute atomic E-state index is 0.0809. The summed E-state index contributed by atoms with van der Waals surface area (Å²) < 4.78 is 18.2. The summed E-state index contributed by atoms with van der Waals surface area (Å²) in [6, 6.07) is 10.1. The van der Waals surface area contributed by atoms with E-state index in [0.29, 0.717) is 16.9 Å². The van der Waals surface area contributed by atoms with E-state index in [4.69, 9.17) is 21.5 Å². The molecule has 0 bridgehead atoms. The van der Waals surface area contributed by atoms with Crippen molar-refractivity contribution in [2.45, 2.75) is 6.61 Å². The van der Waals surface area contributed by atoms with Gasteiger partial charge in [-0.15, -0.1) is 0 Å². The number of esters is 1. The number of carbonyl (C=O) groups excluding carboxylic acids is 1. The number of anilines is 2. The Bertz CT molecular complexity index is 718. The number of hydrogen-bond donors (Lipinski definition) is 2. The minimum Gasteiger partial charge on any atom is -0.457 e. The van der Waals surface area contributed by atoms with Crippen LogP contribution in [0.2, 0.25) is 0 Å². The molecule has 0 aliphatic rings. The molecule has 0 unspecified atom stereocenters. The maximum Gasteiger partial charge on any atom is 0.338 e. The van der Waals surface area contributed by atoms with Crippen molar-refractivity contribution in [2.24, 2.45) is 0 Å². The first-order valence-electron chi connectivity index (χ1n) is 6.01. The molecule has 0 saturated carbocycles. The molecular weight excluding hydrogens is 273 g/mol. The van der Waals surface area contributed by atoms with Gasteiger partial charge in [0.2, 0.25) is 0 Å². The molecule has 0 radical (unpaired) electrons. The van der Waals surface area contributed by atoms with Crippen molar-refractivity contribution in [1.29, 1.82) is 5.26 Å². The van der Waals surface area contributed by atoms with E-state index in [2.05, 4.69) is 0 Å². The Hall–Kier alpha value is -3.07. The van der Waals surface area contributed by atoms with E-state index in [1.807, 2.05) is 0 Å². The van der Waals surface area contributed by atoms with Gasteiger partial charge in [-0.05, 0) is 35.9 Å². The topological polar surface area (TPSA) is 102 Å². The molecule has 0 fully saturated rings. The molecule has 5 nitrogen and oxygen atoms in total. The molecule has 6 heteroatoms. The molecule has 0 aromatic heterocycles. The molecule has 2 rings (SSSR count). The number of hydrogen-bond acceptors (Lipinski definition) is 5. The number of benzene rings is 2. The predicted octanol–water partition coefficient (Wildman–Crippen LogP) is 2.22. The SMILES string of the molecule is N#Cc1cc(COC(=O)c2cc(N)cc(N)c2)ccc1F. The van der Waals surface area contributed by atoms with Gasteiger partial charge < -0.3 is 16.2 Å². The van der Waals surface area contributed by atoms with Gasteiger partial charge in [-0.2, -0.15) is 5.26 Å². The maximum absolute atomic E-state index is 13.2. The molecule has 0 amide bonds. The summed E-state index contributed by atoms with van der Waals surface area (Å²) >= 11 is 0. The number of halogens is 1. The van der Waals surface area contributed by atoms with Gasteiger partial charge in [-0.1, -0.05) is 6.07 Å². The van der Waals surface area contributed by atoms with Crippen LogP contribution in [0.3, 0.4) is 0 Å². The van der Waals surface area contributed by atoms with E-state index in [1.165, 1.54) is 30.3 Å². The van der Waals surface area contributed by atoms with Crippen LogP contribution in [0.5, 0.6) is 0 Å². The third-order valence-corrected chi connectivity index (χ3v) is 2.73. The molecule has 0 aliphatic carbocycles. The Morgan fingerprint density at radius 3 is 2.48 bits per heavy atom. The Balaban J connectivity index is 2.09. The highest BCUT2D eigenvalue weighted by Crippen LogP contribution is 2.16. The molecule has 0 aliphatic heterocycles. The fourth-order valence-electron chi connectivity index (χ4n) is 1.77. The van der Waals surface area contributed by atoms with Crippen molar-refractivity contribution in [3.8, 4) is 6.07 Å². The van der Waals surface area contributed by atoms with Crippen molar-refractivity contribution < 1.29 is 13.9 Å². The first kappa shape index (κ1) is 14.3. The Kier molecular flexibility index (Phi) is 4.05. The second-order valence-electron chi connectivity index (χ2n) is 4.39. The maximum atomic E-state index is 13.2. The van der Waals surface area contributed by atoms with Crippen LogP contribution in [0.15, 0.2) is 36.4 Å². The zero-order valence-corrected chi connectivity index (χ0v) is 11.0. The van der Waals surface area contributed by atoms with Gasteiger partial charge in [0.15, 0.2) is 0 Å². The van der Waals surface area contributed by atoms with Gasteiger partial charge in [-0.3, -0.25) is 0 Å². The highest BCUT2D eigenvalue weighted by atomic mass is 19.1. The molecule has 0 spiro atoms. The fourth-order valence-corrected chi connectivity index (χ4v) is 1.77. The third-order valence-electron chi connectivity index (χ3n) is 2.73. The van der Waals surface area contributed by atoms with Crippen LogP contribution in [-0.4, -0.2) is 5.97 Å². The Labute approximate surface area is 120 Å². The van der Waals surface area contributed by atoms with Crippen molar-refractivity contribution >= 4 is 17.3 Å². The van der Waals surface area contributed by atoms with E-state index in [-0.39, 0.29) is 17.7 Å². The number of ether oxygens (including phenoxy) is 1. The van der Waals surface area contributed by atoms with Gasteiger partial charge >= 0.3 is 5.97 Å². The fraction of sp³-hybridized carbons (Fsp3) is 0.0667. The third kappa shape index (κ3) is 3.48. The van der Waals surface area contributed by atoms with Crippen LogP contribution in [0, 0.1) is 17.1 Å². The van der Waals surface area contributed by atoms with E-state index in [9.17, 15) is 9.18 Å². The highest BCUT2D eigenvalue weighted by Gasteiger charge is 2.10. The van der Waals surface area contributed by atoms with E-state index >= 15 is 0 Å². The Morgan fingerprint density at radius 1 is 1.19 bits per heavy atom. The summed E-state index contributed by atoms with van der Waals surface area (Å²) in [5.74, 6) is -1.21. The van der Waals surface area contributed by atoms with Gasteiger partial charge in [0.1, 0.15) is 18.5 Å². The average molecular weight is 285 g/mol. The highest BCUT2D eigenvalue weighted by molar-refractivity contribution is 5.91. The minimum atomic E-state index is -0.615. The second kappa shape index (κ2) is 5.92. The summed E-state index contributed by atoms with van der Waals surface area (Å²) in [6.07, 6.45) is 0. The smallest absolute Gasteiger partial charge is 0.338 e. The predicted molar refractivity (Wildman–Crippen MR) is 75.5 cm³/mol. The lowest BCUT2D eigenvalue weighted by molar-refractivity contribution is 0.0473. The van der Waals surface area contributed by atoms with Gasteiger partial charge in [-0.25, -0.2) is 9.18 Å². The summed E-state index contributed by atoms with van der Waals surface area (Å²) in [5, 5.41) is 8.73. The second-order valence-corrected chi connectivity index (χ2v) is 4.39. The zero-order chi connectivity index (χ0) is 15.4. The summed E-state index contributed by atoms with van der Waals surface area (Å²) in [4.78, 5) is 11.9. The first-order chi connectivity index (χ1) is 9.99. The summed E-state index contributed by atoms with van der Waals surface area (Å²) in [5.41, 5.74) is 12.5. The summed E-state index contributed by atoms with van der Waals surface area (Å²) in [6.45, 7) is -0.0809. The van der Waals surface area contributed by atoms with E-state index in [1.54, 1.807) is 6.07 Å². The van der Waals surface area contributed by atoms with Crippen molar-refractivity contribution in [3.63, 3.8) is 0 Å². The summed E-state index contributed by atoms with van der Waals surface area (Å²) in [7, 11) is 0. The van der Waals surface area contributed by atoms with Crippen LogP contribution in [0.25, 0.3) is 0 Å². The zero-order valence-electron chi connectivity index (χ0n) is 11.0. The van der Waals surface area contributed by atoms with Crippen LogP contribution >= 0.6 is 0 Å². The van der Waals surface area contributed by atoms with Gasteiger partial charge in [0.05, 0.1) is 11.1 Å². The van der Waals surface area contributed by atoms with Crippen LogP contribution in [0.1, 0.15) is 21.5 Å². The van der Waals surface area contributed by atoms with Crippen LogP contribution < -0.4 is 11.5 Å². The average Bonchev–Trinajstić information content (AvgIpc) is 2.45. The van der Waals surface area contributed by atoms with Crippen LogP contribution in [-0.2, 0) is 11.3 Å². The lowest BCUT2D eigenvalue weighted by Gasteiger charge is -2.07. The first-order valence-corrected chi connectivity index (χ1v) is 6.01. The number of rotatable bonds is 3. The molecule has 4 N–H and O–H groups in total. The molecule has 0 heterocycles. The van der Waals surface area contributed by atoms with Crippen LogP contribution in [0.4, 0.5) is 15.8 Å². The number of nitrogens with two attached hydrogens (primary N) is 2. The largest absolute Gasteiger partial charge is 0.457 e. The Morgan fingerprint density at radius 2 is 1.86 bits per heavy atom. The normalized spacial score (nSPS) is 9.90. The number of nitriles is 1. The number of carbonyl (C=O) groups is 1. The molecule has 106 valence electrons. The van der Waals surface area contributed by atoms with E-state index in [0.717, 1.165) is 6.07 Å². The van der Waals surface area contributed by atoms with Gasteiger partial charge in [0, 0.05) is 11.4 Å². The molecule has 21 heavy (non-hydrogen) atoms. The molecule has 0 saturated heterocycles. The molecule has 2 aromatic rings. The molecule has 2 aromatic carbocycles.